The summed E-state index contributed by atoms with van der Waals surface area (Å²) in [7, 11) is -1.27. The Hall–Kier alpha value is -0.555. The molecule has 0 unspecified atom stereocenters. The molecule has 0 amide bonds. The summed E-state index contributed by atoms with van der Waals surface area (Å²) in [5.41, 5.74) is 11.9. The van der Waals surface area contributed by atoms with E-state index in [2.05, 4.69) is 73.2 Å². The van der Waals surface area contributed by atoms with Gasteiger partial charge in [-0.15, -0.1) is 0 Å². The van der Waals surface area contributed by atoms with Gasteiger partial charge in [-0.25, -0.2) is 9.38 Å². The average molecular weight is 711 g/mol. The van der Waals surface area contributed by atoms with Crippen LogP contribution in [0.5, 0.6) is 0 Å². The molecule has 1 saturated heterocycles. The largest absolute Gasteiger partial charge is 0.454 e. The Morgan fingerprint density at radius 1 is 1.23 bits per heavy atom. The van der Waals surface area contributed by atoms with Crippen molar-refractivity contribution in [1.29, 1.82) is 0 Å². The Bertz CT molecular complexity index is 779. The van der Waals surface area contributed by atoms with E-state index in [0.717, 1.165) is 13.1 Å². The van der Waals surface area contributed by atoms with Gasteiger partial charge >= 0.3 is 7.12 Å². The van der Waals surface area contributed by atoms with E-state index < -0.39 is 12.9 Å². The summed E-state index contributed by atoms with van der Waals surface area (Å²) in [6.07, 6.45) is 1.40. The molecule has 0 aliphatic carbocycles. The van der Waals surface area contributed by atoms with Crippen molar-refractivity contribution in [2.75, 3.05) is 26.2 Å². The van der Waals surface area contributed by atoms with E-state index in [1.54, 1.807) is 0 Å². The van der Waals surface area contributed by atoms with Gasteiger partial charge in [0, 0.05) is 43.8 Å². The van der Waals surface area contributed by atoms with Crippen molar-refractivity contribution in [1.82, 2.24) is 4.90 Å². The van der Waals surface area contributed by atoms with Gasteiger partial charge < -0.3 is 31.6 Å². The van der Waals surface area contributed by atoms with Gasteiger partial charge in [0.1, 0.15) is 5.82 Å². The van der Waals surface area contributed by atoms with Crippen LogP contribution in [0.3, 0.4) is 0 Å². The molecule has 0 aromatic heterocycles. The molecule has 0 radical (unpaired) electrons. The molecule has 2 rings (SSSR count). The van der Waals surface area contributed by atoms with Crippen molar-refractivity contribution < 1.29 is 19.6 Å². The Morgan fingerprint density at radius 3 is 2.40 bits per heavy atom. The minimum Gasteiger partial charge on any atom is -0.427 e. The standard InChI is InChI=1S/C16H23BBrFN6O3.I2/c18-12-9-11(1-2-13(12)19)23-16(21)14(24-28)15(20)22-5-8-25-6-3-10(4-7-25)17(26)27;1-2/h1-2,9-10,26-28H,3-8H2,(H2,20,22)(H2,21,23);/b24-14+;. The highest BCUT2D eigenvalue weighted by atomic mass is 128. The van der Waals surface area contributed by atoms with E-state index in [-0.39, 0.29) is 27.7 Å². The quantitative estimate of drug-likeness (QED) is 0.0733. The van der Waals surface area contributed by atoms with Gasteiger partial charge in [-0.1, -0.05) is 5.16 Å². The van der Waals surface area contributed by atoms with Crippen LogP contribution >= 0.6 is 53.2 Å². The zero-order valence-electron chi connectivity index (χ0n) is 15.9. The first-order valence-electron chi connectivity index (χ1n) is 8.86. The summed E-state index contributed by atoms with van der Waals surface area (Å²) < 4.78 is 13.5. The summed E-state index contributed by atoms with van der Waals surface area (Å²) in [4.78, 5) is 10.4. The van der Waals surface area contributed by atoms with Gasteiger partial charge in [-0.2, -0.15) is 0 Å². The van der Waals surface area contributed by atoms with E-state index in [4.69, 9.17) is 11.5 Å². The van der Waals surface area contributed by atoms with E-state index >= 15 is 0 Å². The Kier molecular flexibility index (Phi) is 13.3. The molecule has 166 valence electrons. The molecule has 1 heterocycles. The molecule has 30 heavy (non-hydrogen) atoms. The van der Waals surface area contributed by atoms with Crippen LogP contribution in [0, 0.1) is 5.82 Å². The minimum atomic E-state index is -1.27. The molecule has 1 aromatic carbocycles. The number of oxime groups is 1. The number of amidine groups is 2. The molecule has 1 aliphatic heterocycles. The minimum absolute atomic E-state index is 0.0643. The van der Waals surface area contributed by atoms with Gasteiger partial charge in [0.05, 0.1) is 16.7 Å². The molecular weight excluding hydrogens is 688 g/mol. The van der Waals surface area contributed by atoms with Gasteiger partial charge in [-0.3, -0.25) is 4.99 Å². The third-order valence-electron chi connectivity index (χ3n) is 4.49. The number of hydrogen-bond donors (Lipinski definition) is 5. The predicted octanol–water partition coefficient (Wildman–Crippen LogP) is 2.47. The lowest BCUT2D eigenvalue weighted by molar-refractivity contribution is 0.219. The smallest absolute Gasteiger partial charge is 0.427 e. The highest BCUT2D eigenvalue weighted by Crippen LogP contribution is 2.23. The normalized spacial score (nSPS) is 16.8. The van der Waals surface area contributed by atoms with Crippen LogP contribution in [0.1, 0.15) is 12.8 Å². The van der Waals surface area contributed by atoms with Crippen LogP contribution in [0.25, 0.3) is 0 Å². The Labute approximate surface area is 206 Å². The lowest BCUT2D eigenvalue weighted by Gasteiger charge is -2.30. The molecule has 1 aliphatic rings. The van der Waals surface area contributed by atoms with Gasteiger partial charge in [0.25, 0.3) is 0 Å². The second kappa shape index (κ2) is 14.5. The first-order valence-corrected chi connectivity index (χ1v) is 15.9. The van der Waals surface area contributed by atoms with Crippen molar-refractivity contribution in [3.8, 4) is 0 Å². The van der Waals surface area contributed by atoms with Crippen LogP contribution in [0.2, 0.25) is 5.82 Å². The summed E-state index contributed by atoms with van der Waals surface area (Å²) >= 11 is 7.30. The molecule has 0 saturated carbocycles. The maximum absolute atomic E-state index is 13.3. The number of nitrogens with two attached hydrogens (primary N) is 2. The summed E-state index contributed by atoms with van der Waals surface area (Å²) in [5.74, 6) is -0.752. The van der Waals surface area contributed by atoms with Gasteiger partial charge in [0.2, 0.25) is 0 Å². The third kappa shape index (κ3) is 8.90. The van der Waals surface area contributed by atoms with Crippen molar-refractivity contribution >= 4 is 83.4 Å². The highest BCUT2D eigenvalue weighted by molar-refractivity contribution is 15.0. The zero-order chi connectivity index (χ0) is 22.7. The second-order valence-electron chi connectivity index (χ2n) is 6.40. The molecule has 7 N–H and O–H groups in total. The fraction of sp³-hybridized carbons (Fsp3) is 0.438. The Balaban J connectivity index is 0.00000218. The predicted molar refractivity (Wildman–Crippen MR) is 139 cm³/mol. The molecule has 14 heteroatoms. The number of benzene rings is 1. The van der Waals surface area contributed by atoms with Crippen LogP contribution in [-0.2, 0) is 0 Å². The first kappa shape index (κ1) is 27.5. The molecule has 0 bridgehead atoms. The molecule has 1 fully saturated rings. The molecule has 1 aromatic rings. The van der Waals surface area contributed by atoms with E-state index in [1.165, 1.54) is 18.2 Å². The Morgan fingerprint density at radius 2 is 1.87 bits per heavy atom. The number of halogens is 4. The van der Waals surface area contributed by atoms with Crippen molar-refractivity contribution in [2.24, 2.45) is 26.6 Å². The van der Waals surface area contributed by atoms with Crippen LogP contribution < -0.4 is 11.5 Å². The summed E-state index contributed by atoms with van der Waals surface area (Å²) in [6, 6.07) is 4.07. The molecule has 0 spiro atoms. The topological polar surface area (TPSA) is 153 Å². The van der Waals surface area contributed by atoms with E-state index in [1.807, 2.05) is 0 Å². The third-order valence-corrected chi connectivity index (χ3v) is 5.10. The number of nitrogens with zero attached hydrogens (tertiary/aromatic N) is 4. The molecule has 0 atom stereocenters. The highest BCUT2D eigenvalue weighted by Gasteiger charge is 2.27. The number of likely N-dealkylation sites (tertiary alicyclic amines) is 1. The number of rotatable bonds is 7. The van der Waals surface area contributed by atoms with Crippen LogP contribution in [-0.4, -0.2) is 70.8 Å². The van der Waals surface area contributed by atoms with Gasteiger partial charge in [0.15, 0.2) is 17.4 Å². The van der Waals surface area contributed by atoms with E-state index in [0.29, 0.717) is 31.6 Å². The second-order valence-corrected chi connectivity index (χ2v) is 7.26. The van der Waals surface area contributed by atoms with Crippen LogP contribution in [0.4, 0.5) is 10.1 Å². The van der Waals surface area contributed by atoms with Crippen LogP contribution in [0.15, 0.2) is 37.8 Å². The average Bonchev–Trinajstić information content (AvgIpc) is 2.73. The van der Waals surface area contributed by atoms with Crippen molar-refractivity contribution in [2.45, 2.75) is 18.7 Å². The monoisotopic (exact) mass is 710 g/mol. The maximum Gasteiger partial charge on any atom is 0.454 e. The summed E-state index contributed by atoms with van der Waals surface area (Å²) in [5, 5.41) is 30.7. The number of aliphatic imine (C=N–C) groups is 2. The number of piperidine rings is 1. The zero-order valence-corrected chi connectivity index (χ0v) is 21.8. The SMILES string of the molecule is II.NC(=NCCN1CCC(B(O)O)CC1)/C(=N\O)C(N)=Nc1ccc(F)c(Br)c1. The number of hydrogen-bond acceptors (Lipinski definition) is 7. The molecule has 9 nitrogen and oxygen atoms in total. The first-order chi connectivity index (χ1) is 14.3. The summed E-state index contributed by atoms with van der Waals surface area (Å²) in [6.45, 7) is 2.45. The van der Waals surface area contributed by atoms with E-state index in [9.17, 15) is 19.6 Å². The maximum atomic E-state index is 13.3. The molecular formula is C16H23BBrFI2N6O3. The van der Waals surface area contributed by atoms with Crippen molar-refractivity contribution in [3.63, 3.8) is 0 Å². The fourth-order valence-corrected chi connectivity index (χ4v) is 3.21. The fourth-order valence-electron chi connectivity index (χ4n) is 2.84. The van der Waals surface area contributed by atoms with Crippen molar-refractivity contribution in [3.05, 3.63) is 28.5 Å². The lowest BCUT2D eigenvalue weighted by atomic mass is 9.67. The van der Waals surface area contributed by atoms with Gasteiger partial charge in [-0.05, 0) is 65.9 Å². The lowest BCUT2D eigenvalue weighted by Crippen LogP contribution is -2.39.